The van der Waals surface area contributed by atoms with Crippen LogP contribution in [0.5, 0.6) is 5.75 Å². The number of amides is 2. The molecule has 0 unspecified atom stereocenters. The molecule has 2 amide bonds. The second-order valence-electron chi connectivity index (χ2n) is 8.01. The lowest BCUT2D eigenvalue weighted by molar-refractivity contribution is -0.121. The number of rotatable bonds is 5. The maximum absolute atomic E-state index is 12.5. The molecule has 1 aromatic heterocycles. The third-order valence-corrected chi connectivity index (χ3v) is 6.60. The van der Waals surface area contributed by atoms with E-state index in [-0.39, 0.29) is 18.4 Å². The minimum atomic E-state index is -0.579. The van der Waals surface area contributed by atoms with E-state index >= 15 is 0 Å². The van der Waals surface area contributed by atoms with Crippen LogP contribution in [0.3, 0.4) is 0 Å². The molecular weight excluding hydrogens is 434 g/mol. The summed E-state index contributed by atoms with van der Waals surface area (Å²) >= 11 is 7.34. The van der Waals surface area contributed by atoms with Crippen molar-refractivity contribution >= 4 is 45.6 Å². The van der Waals surface area contributed by atoms with E-state index in [0.717, 1.165) is 28.1 Å². The Balaban J connectivity index is 1.44. The first-order valence-corrected chi connectivity index (χ1v) is 11.0. The van der Waals surface area contributed by atoms with Gasteiger partial charge in [-0.2, -0.15) is 0 Å². The quantitative estimate of drug-likeness (QED) is 0.584. The van der Waals surface area contributed by atoms with E-state index in [1.54, 1.807) is 30.1 Å². The summed E-state index contributed by atoms with van der Waals surface area (Å²) in [5.41, 5.74) is 3.84. The van der Waals surface area contributed by atoms with Gasteiger partial charge in [0, 0.05) is 28.7 Å². The number of anilines is 2. The number of thiazole rings is 1. The summed E-state index contributed by atoms with van der Waals surface area (Å²) in [4.78, 5) is 31.0. The Morgan fingerprint density at radius 1 is 1.26 bits per heavy atom. The number of carbonyl (C=O) groups excluding carboxylic acids is 2. The molecular formula is C23H22ClN3O3S. The van der Waals surface area contributed by atoms with Crippen molar-refractivity contribution in [2.75, 3.05) is 23.9 Å². The molecule has 8 heteroatoms. The number of nitrogens with zero attached hydrogens (tertiary/aromatic N) is 2. The number of benzene rings is 2. The molecule has 0 atom stereocenters. The van der Waals surface area contributed by atoms with Gasteiger partial charge in [0.25, 0.3) is 5.91 Å². The molecule has 0 fully saturated rings. The number of hydrogen-bond donors (Lipinski definition) is 1. The molecule has 31 heavy (non-hydrogen) atoms. The number of ether oxygens (including phenoxy) is 1. The van der Waals surface area contributed by atoms with Crippen molar-refractivity contribution in [3.63, 3.8) is 0 Å². The van der Waals surface area contributed by atoms with Gasteiger partial charge in [-0.3, -0.25) is 14.9 Å². The summed E-state index contributed by atoms with van der Waals surface area (Å²) in [6.45, 7) is 5.60. The third kappa shape index (κ3) is 4.03. The van der Waals surface area contributed by atoms with Gasteiger partial charge in [0.1, 0.15) is 5.75 Å². The number of carbonyl (C=O) groups is 2. The lowest BCUT2D eigenvalue weighted by Crippen LogP contribution is -2.33. The fourth-order valence-electron chi connectivity index (χ4n) is 3.61. The predicted octanol–water partition coefficient (Wildman–Crippen LogP) is 5.04. The summed E-state index contributed by atoms with van der Waals surface area (Å²) in [6, 6.07) is 11.1. The molecule has 6 nitrogen and oxygen atoms in total. The molecule has 2 aromatic carbocycles. The molecule has 1 aliphatic rings. The maximum atomic E-state index is 12.5. The second kappa shape index (κ2) is 7.98. The summed E-state index contributed by atoms with van der Waals surface area (Å²) in [6.07, 6.45) is 0. The minimum Gasteiger partial charge on any atom is -0.484 e. The fraction of sp³-hybridized carbons (Fsp3) is 0.261. The smallest absolute Gasteiger partial charge is 0.264 e. The third-order valence-electron chi connectivity index (χ3n) is 5.42. The van der Waals surface area contributed by atoms with E-state index in [1.807, 2.05) is 44.4 Å². The zero-order chi connectivity index (χ0) is 22.3. The average molecular weight is 456 g/mol. The number of nitrogens with one attached hydrogen (secondary N) is 1. The monoisotopic (exact) mass is 455 g/mol. The number of likely N-dealkylation sites (N-methyl/N-ethyl adjacent to an activating group) is 1. The van der Waals surface area contributed by atoms with Gasteiger partial charge < -0.3 is 9.64 Å². The van der Waals surface area contributed by atoms with Crippen molar-refractivity contribution in [3.05, 3.63) is 57.9 Å². The van der Waals surface area contributed by atoms with Gasteiger partial charge in [-0.25, -0.2) is 4.98 Å². The fourth-order valence-corrected chi connectivity index (χ4v) is 4.46. The van der Waals surface area contributed by atoms with Gasteiger partial charge in [0.2, 0.25) is 5.91 Å². The van der Waals surface area contributed by atoms with Crippen LogP contribution in [0.4, 0.5) is 10.8 Å². The SMILES string of the molecule is Cc1cc(OCC(=O)Nc2nc(-c3ccc4c(c3)C(C)(C)C(=O)N4C)cs2)ccc1Cl. The zero-order valence-electron chi connectivity index (χ0n) is 17.7. The predicted molar refractivity (Wildman–Crippen MR) is 124 cm³/mol. The summed E-state index contributed by atoms with van der Waals surface area (Å²) in [5, 5.41) is 5.79. The highest BCUT2D eigenvalue weighted by atomic mass is 35.5. The molecule has 0 saturated heterocycles. The molecule has 4 rings (SSSR count). The number of aromatic nitrogens is 1. The Labute approximate surface area is 189 Å². The van der Waals surface area contributed by atoms with Crippen molar-refractivity contribution in [1.29, 1.82) is 0 Å². The normalized spacial score (nSPS) is 14.5. The molecule has 160 valence electrons. The molecule has 2 heterocycles. The molecule has 0 spiro atoms. The van der Waals surface area contributed by atoms with E-state index in [0.29, 0.717) is 15.9 Å². The first kappa shape index (κ1) is 21.3. The average Bonchev–Trinajstić information content (AvgIpc) is 3.27. The standard InChI is InChI=1S/C23H22ClN3O3S/c1-13-9-15(6-7-17(13)24)30-11-20(28)26-22-25-18(12-31-22)14-5-8-19-16(10-14)23(2,3)21(29)27(19)4/h5-10,12H,11H2,1-4H3,(H,25,26,28). The number of halogens is 1. The largest absolute Gasteiger partial charge is 0.484 e. The minimum absolute atomic E-state index is 0.0711. The van der Waals surface area contributed by atoms with Crippen LogP contribution in [-0.2, 0) is 15.0 Å². The molecule has 0 aliphatic carbocycles. The highest BCUT2D eigenvalue weighted by Gasteiger charge is 2.42. The van der Waals surface area contributed by atoms with Crippen LogP contribution in [0.2, 0.25) is 5.02 Å². The summed E-state index contributed by atoms with van der Waals surface area (Å²) in [5.74, 6) is 0.356. The Kier molecular flexibility index (Phi) is 5.49. The van der Waals surface area contributed by atoms with Crippen LogP contribution in [-0.4, -0.2) is 30.5 Å². The molecule has 3 aromatic rings. The van der Waals surface area contributed by atoms with Gasteiger partial charge in [-0.1, -0.05) is 17.7 Å². The van der Waals surface area contributed by atoms with Crippen molar-refractivity contribution in [1.82, 2.24) is 4.98 Å². The highest BCUT2D eigenvalue weighted by molar-refractivity contribution is 7.14. The van der Waals surface area contributed by atoms with Crippen LogP contribution in [0.15, 0.2) is 41.8 Å². The summed E-state index contributed by atoms with van der Waals surface area (Å²) < 4.78 is 5.53. The van der Waals surface area contributed by atoms with E-state index in [4.69, 9.17) is 16.3 Å². The van der Waals surface area contributed by atoms with E-state index < -0.39 is 5.41 Å². The number of aryl methyl sites for hydroxylation is 1. The van der Waals surface area contributed by atoms with Gasteiger partial charge in [-0.05, 0) is 62.2 Å². The second-order valence-corrected chi connectivity index (χ2v) is 9.27. The lowest BCUT2D eigenvalue weighted by Gasteiger charge is -2.16. The van der Waals surface area contributed by atoms with Gasteiger partial charge >= 0.3 is 0 Å². The van der Waals surface area contributed by atoms with Crippen LogP contribution < -0.4 is 15.0 Å². The Hall–Kier alpha value is -2.90. The van der Waals surface area contributed by atoms with E-state index in [1.165, 1.54) is 11.3 Å². The van der Waals surface area contributed by atoms with Gasteiger partial charge in [0.05, 0.1) is 11.1 Å². The topological polar surface area (TPSA) is 71.5 Å². The zero-order valence-corrected chi connectivity index (χ0v) is 19.2. The van der Waals surface area contributed by atoms with Gasteiger partial charge in [0.15, 0.2) is 11.7 Å². The highest BCUT2D eigenvalue weighted by Crippen LogP contribution is 2.42. The number of fused-ring (bicyclic) bond motifs is 1. The molecule has 1 aliphatic heterocycles. The molecule has 0 saturated carbocycles. The first-order valence-electron chi connectivity index (χ1n) is 9.74. The van der Waals surface area contributed by atoms with Crippen LogP contribution >= 0.6 is 22.9 Å². The van der Waals surface area contributed by atoms with Crippen molar-refractivity contribution < 1.29 is 14.3 Å². The number of hydrogen-bond acceptors (Lipinski definition) is 5. The van der Waals surface area contributed by atoms with Gasteiger partial charge in [-0.15, -0.1) is 11.3 Å². The van der Waals surface area contributed by atoms with Crippen molar-refractivity contribution in [3.8, 4) is 17.0 Å². The van der Waals surface area contributed by atoms with Crippen LogP contribution in [0.1, 0.15) is 25.0 Å². The Morgan fingerprint density at radius 3 is 2.77 bits per heavy atom. The molecule has 0 radical (unpaired) electrons. The Morgan fingerprint density at radius 2 is 2.03 bits per heavy atom. The van der Waals surface area contributed by atoms with Crippen molar-refractivity contribution in [2.24, 2.45) is 0 Å². The van der Waals surface area contributed by atoms with E-state index in [2.05, 4.69) is 10.3 Å². The molecule has 1 N–H and O–H groups in total. The van der Waals surface area contributed by atoms with Crippen LogP contribution in [0.25, 0.3) is 11.3 Å². The van der Waals surface area contributed by atoms with Crippen molar-refractivity contribution in [2.45, 2.75) is 26.2 Å². The Bertz CT molecular complexity index is 1190. The maximum Gasteiger partial charge on any atom is 0.264 e. The molecule has 0 bridgehead atoms. The van der Waals surface area contributed by atoms with E-state index in [9.17, 15) is 9.59 Å². The lowest BCUT2D eigenvalue weighted by atomic mass is 9.85. The van der Waals surface area contributed by atoms with Crippen LogP contribution in [0, 0.1) is 6.92 Å². The summed E-state index contributed by atoms with van der Waals surface area (Å²) in [7, 11) is 1.79. The first-order chi connectivity index (χ1) is 14.7.